The van der Waals surface area contributed by atoms with Crippen LogP contribution in [0.3, 0.4) is 0 Å². The van der Waals surface area contributed by atoms with Gasteiger partial charge in [0.15, 0.2) is 0 Å². The molecule has 2 rings (SSSR count). The second-order valence-electron chi connectivity index (χ2n) is 5.64. The molecule has 1 aromatic heterocycles. The Labute approximate surface area is 109 Å². The summed E-state index contributed by atoms with van der Waals surface area (Å²) in [5, 5.41) is 2.16. The molecule has 0 aliphatic carbocycles. The first-order valence-corrected chi connectivity index (χ1v) is 7.50. The molecule has 0 radical (unpaired) electrons. The maximum Gasteiger partial charge on any atom is 0.0597 e. The van der Waals surface area contributed by atoms with Crippen LogP contribution < -0.4 is 5.73 Å². The van der Waals surface area contributed by atoms with E-state index in [0.29, 0.717) is 11.6 Å². The van der Waals surface area contributed by atoms with Crippen molar-refractivity contribution in [3.8, 4) is 0 Å². The summed E-state index contributed by atoms with van der Waals surface area (Å²) < 4.78 is 0. The van der Waals surface area contributed by atoms with Gasteiger partial charge in [0, 0.05) is 16.5 Å². The molecule has 1 aromatic rings. The Morgan fingerprint density at radius 3 is 2.76 bits per heavy atom. The van der Waals surface area contributed by atoms with E-state index in [1.807, 2.05) is 11.3 Å². The molecule has 1 aliphatic heterocycles. The zero-order valence-corrected chi connectivity index (χ0v) is 12.0. The quantitative estimate of drug-likeness (QED) is 0.890. The summed E-state index contributed by atoms with van der Waals surface area (Å²) in [7, 11) is 0. The summed E-state index contributed by atoms with van der Waals surface area (Å²) in [4.78, 5) is 4.04. The molecule has 1 fully saturated rings. The highest BCUT2D eigenvalue weighted by Crippen LogP contribution is 2.39. The molecule has 2 nitrogen and oxygen atoms in total. The summed E-state index contributed by atoms with van der Waals surface area (Å²) >= 11 is 1.84. The van der Waals surface area contributed by atoms with Crippen LogP contribution in [0.1, 0.15) is 51.0 Å². The third-order valence-electron chi connectivity index (χ3n) is 4.01. The van der Waals surface area contributed by atoms with E-state index >= 15 is 0 Å². The lowest BCUT2D eigenvalue weighted by Gasteiger charge is -2.40. The molecular weight excluding hydrogens is 228 g/mol. The zero-order chi connectivity index (χ0) is 12.5. The van der Waals surface area contributed by atoms with E-state index in [9.17, 15) is 0 Å². The van der Waals surface area contributed by atoms with Crippen molar-refractivity contribution >= 4 is 11.3 Å². The van der Waals surface area contributed by atoms with Crippen LogP contribution in [0.25, 0.3) is 0 Å². The lowest BCUT2D eigenvalue weighted by Crippen LogP contribution is -2.47. The Bertz CT molecular complexity index is 345. The number of likely N-dealkylation sites (tertiary alicyclic amines) is 1. The zero-order valence-electron chi connectivity index (χ0n) is 11.1. The summed E-state index contributed by atoms with van der Waals surface area (Å²) in [5.74, 6) is 0. The second-order valence-corrected chi connectivity index (χ2v) is 6.62. The van der Waals surface area contributed by atoms with E-state index in [0.717, 1.165) is 6.42 Å². The average molecular weight is 252 g/mol. The van der Waals surface area contributed by atoms with E-state index in [1.54, 1.807) is 0 Å². The van der Waals surface area contributed by atoms with Gasteiger partial charge >= 0.3 is 0 Å². The van der Waals surface area contributed by atoms with Crippen LogP contribution in [0.2, 0.25) is 0 Å². The normalized spacial score (nSPS) is 23.8. The molecule has 96 valence electrons. The Morgan fingerprint density at radius 2 is 2.29 bits per heavy atom. The van der Waals surface area contributed by atoms with Gasteiger partial charge in [0.1, 0.15) is 0 Å². The van der Waals surface area contributed by atoms with Crippen molar-refractivity contribution in [1.29, 1.82) is 0 Å². The number of hydrogen-bond donors (Lipinski definition) is 1. The van der Waals surface area contributed by atoms with E-state index < -0.39 is 0 Å². The predicted octanol–water partition coefficient (Wildman–Crippen LogP) is 3.40. The summed E-state index contributed by atoms with van der Waals surface area (Å²) in [6.07, 6.45) is 3.62. The van der Waals surface area contributed by atoms with Crippen LogP contribution in [-0.4, -0.2) is 23.0 Å². The van der Waals surface area contributed by atoms with Crippen molar-refractivity contribution in [3.05, 3.63) is 22.4 Å². The number of nitrogens with two attached hydrogens (primary N) is 1. The van der Waals surface area contributed by atoms with E-state index in [2.05, 4.69) is 43.2 Å². The van der Waals surface area contributed by atoms with E-state index in [1.165, 1.54) is 24.3 Å². The van der Waals surface area contributed by atoms with Crippen LogP contribution in [-0.2, 0) is 0 Å². The smallest absolute Gasteiger partial charge is 0.0597 e. The average Bonchev–Trinajstić information content (AvgIpc) is 2.90. The summed E-state index contributed by atoms with van der Waals surface area (Å²) in [6, 6.07) is 5.01. The van der Waals surface area contributed by atoms with E-state index in [4.69, 9.17) is 5.73 Å². The molecule has 2 atom stereocenters. The Hall–Kier alpha value is -0.380. The third-order valence-corrected chi connectivity index (χ3v) is 4.96. The van der Waals surface area contributed by atoms with Gasteiger partial charge in [-0.05, 0) is 51.1 Å². The molecule has 1 saturated heterocycles. The maximum absolute atomic E-state index is 6.37. The highest BCUT2D eigenvalue weighted by molar-refractivity contribution is 7.10. The molecule has 0 spiro atoms. The van der Waals surface area contributed by atoms with Gasteiger partial charge in [0.25, 0.3) is 0 Å². The van der Waals surface area contributed by atoms with Crippen molar-refractivity contribution in [3.63, 3.8) is 0 Å². The predicted molar refractivity (Wildman–Crippen MR) is 75.3 cm³/mol. The Kier molecular flexibility index (Phi) is 3.91. The molecule has 1 aliphatic rings. The van der Waals surface area contributed by atoms with Gasteiger partial charge in [-0.3, -0.25) is 4.90 Å². The fraction of sp³-hybridized carbons (Fsp3) is 0.714. The van der Waals surface area contributed by atoms with Crippen molar-refractivity contribution in [2.45, 2.75) is 57.7 Å². The van der Waals surface area contributed by atoms with Gasteiger partial charge in [0.2, 0.25) is 0 Å². The minimum Gasteiger partial charge on any atom is -0.326 e. The van der Waals surface area contributed by atoms with E-state index in [-0.39, 0.29) is 6.04 Å². The summed E-state index contributed by atoms with van der Waals surface area (Å²) in [5.41, 5.74) is 6.67. The first kappa shape index (κ1) is 13.1. The van der Waals surface area contributed by atoms with Gasteiger partial charge in [0.05, 0.1) is 6.04 Å². The third kappa shape index (κ3) is 2.56. The number of nitrogens with zero attached hydrogens (tertiary/aromatic N) is 1. The van der Waals surface area contributed by atoms with Crippen LogP contribution in [0, 0.1) is 0 Å². The first-order valence-electron chi connectivity index (χ1n) is 6.62. The monoisotopic (exact) mass is 252 g/mol. The van der Waals surface area contributed by atoms with Crippen molar-refractivity contribution in [2.24, 2.45) is 5.73 Å². The Balaban J connectivity index is 2.28. The number of rotatable bonds is 4. The van der Waals surface area contributed by atoms with Gasteiger partial charge in [-0.15, -0.1) is 11.3 Å². The highest BCUT2D eigenvalue weighted by atomic mass is 32.1. The van der Waals surface area contributed by atoms with Gasteiger partial charge in [-0.1, -0.05) is 13.0 Å². The number of thiophene rings is 1. The molecule has 17 heavy (non-hydrogen) atoms. The van der Waals surface area contributed by atoms with Crippen LogP contribution >= 0.6 is 11.3 Å². The Morgan fingerprint density at radius 1 is 1.53 bits per heavy atom. The van der Waals surface area contributed by atoms with Crippen LogP contribution in [0.15, 0.2) is 17.5 Å². The van der Waals surface area contributed by atoms with Gasteiger partial charge < -0.3 is 5.73 Å². The molecule has 0 bridgehead atoms. The minimum atomic E-state index is 0.242. The van der Waals surface area contributed by atoms with Crippen molar-refractivity contribution in [1.82, 2.24) is 4.90 Å². The van der Waals surface area contributed by atoms with Crippen molar-refractivity contribution < 1.29 is 0 Å². The van der Waals surface area contributed by atoms with Crippen LogP contribution in [0.4, 0.5) is 0 Å². The standard InChI is InChI=1S/C14H24N2S/c1-4-11(15)13(12-7-5-10-17-12)16-9-6-8-14(16,2)3/h5,7,10-11,13H,4,6,8-9,15H2,1-3H3. The lowest BCUT2D eigenvalue weighted by molar-refractivity contribution is 0.0986. The largest absolute Gasteiger partial charge is 0.326 e. The molecule has 2 N–H and O–H groups in total. The molecule has 0 aromatic carbocycles. The van der Waals surface area contributed by atoms with Gasteiger partial charge in [-0.25, -0.2) is 0 Å². The maximum atomic E-state index is 6.37. The topological polar surface area (TPSA) is 29.3 Å². The second kappa shape index (κ2) is 5.09. The van der Waals surface area contributed by atoms with Crippen LogP contribution in [0.5, 0.6) is 0 Å². The SMILES string of the molecule is CCC(N)C(c1cccs1)N1CCCC1(C)C. The lowest BCUT2D eigenvalue weighted by atomic mass is 9.96. The van der Waals surface area contributed by atoms with Gasteiger partial charge in [-0.2, -0.15) is 0 Å². The molecular formula is C14H24N2S. The molecule has 2 heterocycles. The molecule has 0 amide bonds. The van der Waals surface area contributed by atoms with Crippen molar-refractivity contribution in [2.75, 3.05) is 6.54 Å². The summed E-state index contributed by atoms with van der Waals surface area (Å²) in [6.45, 7) is 8.07. The highest BCUT2D eigenvalue weighted by Gasteiger charge is 2.39. The first-order chi connectivity index (χ1) is 8.06. The fourth-order valence-corrected chi connectivity index (χ4v) is 3.84. The fourth-order valence-electron chi connectivity index (χ4n) is 2.92. The molecule has 3 heteroatoms. The molecule has 2 unspecified atom stereocenters. The minimum absolute atomic E-state index is 0.242. The number of hydrogen-bond acceptors (Lipinski definition) is 3. The molecule has 0 saturated carbocycles.